The summed E-state index contributed by atoms with van der Waals surface area (Å²) in [5, 5.41) is 8.01. The van der Waals surface area contributed by atoms with Gasteiger partial charge in [-0.3, -0.25) is 9.48 Å². The SMILES string of the molecule is COCCn1nc(C(=O)N2CCCN(C)CC2)c2c1CCNC2. The normalized spacial score (nSPS) is 19.5. The van der Waals surface area contributed by atoms with Crippen LogP contribution in [0.2, 0.25) is 0 Å². The topological polar surface area (TPSA) is 62.6 Å². The van der Waals surface area contributed by atoms with Gasteiger partial charge in [-0.25, -0.2) is 0 Å². The minimum atomic E-state index is 0.0800. The van der Waals surface area contributed by atoms with Gasteiger partial charge in [0.05, 0.1) is 13.2 Å². The molecule has 0 spiro atoms. The first-order chi connectivity index (χ1) is 11.2. The Morgan fingerprint density at radius 2 is 2.17 bits per heavy atom. The Balaban J connectivity index is 1.83. The lowest BCUT2D eigenvalue weighted by Crippen LogP contribution is -2.36. The van der Waals surface area contributed by atoms with Crippen LogP contribution < -0.4 is 5.32 Å². The van der Waals surface area contributed by atoms with Crippen LogP contribution in [0, 0.1) is 0 Å². The Hall–Kier alpha value is -1.44. The molecule has 0 radical (unpaired) electrons. The molecule has 1 saturated heterocycles. The molecule has 0 saturated carbocycles. The first-order valence-electron chi connectivity index (χ1n) is 8.46. The average molecular weight is 321 g/mol. The molecule has 3 heterocycles. The third-order valence-corrected chi connectivity index (χ3v) is 4.72. The number of nitrogens with one attached hydrogen (secondary N) is 1. The Morgan fingerprint density at radius 1 is 1.30 bits per heavy atom. The van der Waals surface area contributed by atoms with Crippen LogP contribution >= 0.6 is 0 Å². The van der Waals surface area contributed by atoms with Crippen molar-refractivity contribution in [3.8, 4) is 0 Å². The van der Waals surface area contributed by atoms with E-state index in [1.807, 2.05) is 9.58 Å². The molecular formula is C16H27N5O2. The molecule has 1 amide bonds. The summed E-state index contributed by atoms with van der Waals surface area (Å²) in [6, 6.07) is 0. The summed E-state index contributed by atoms with van der Waals surface area (Å²) in [5.74, 6) is 0.0800. The van der Waals surface area contributed by atoms with E-state index >= 15 is 0 Å². The second-order valence-corrected chi connectivity index (χ2v) is 6.37. The first-order valence-corrected chi connectivity index (χ1v) is 8.46. The van der Waals surface area contributed by atoms with Gasteiger partial charge in [-0.1, -0.05) is 0 Å². The van der Waals surface area contributed by atoms with Crippen LogP contribution in [-0.2, 0) is 24.2 Å². The minimum absolute atomic E-state index is 0.0800. The van der Waals surface area contributed by atoms with Crippen LogP contribution in [-0.4, -0.2) is 79.0 Å². The summed E-state index contributed by atoms with van der Waals surface area (Å²) >= 11 is 0. The lowest BCUT2D eigenvalue weighted by atomic mass is 10.1. The van der Waals surface area contributed by atoms with Crippen LogP contribution in [0.1, 0.15) is 28.2 Å². The van der Waals surface area contributed by atoms with Gasteiger partial charge in [0.15, 0.2) is 5.69 Å². The van der Waals surface area contributed by atoms with Gasteiger partial charge in [0.1, 0.15) is 0 Å². The van der Waals surface area contributed by atoms with E-state index in [1.54, 1.807) is 7.11 Å². The van der Waals surface area contributed by atoms with E-state index in [-0.39, 0.29) is 5.91 Å². The standard InChI is InChI=1S/C16H27N5O2/c1-19-6-3-7-20(9-8-19)16(22)15-13-12-17-5-4-14(13)21(18-15)10-11-23-2/h17H,3-12H2,1-2H3. The van der Waals surface area contributed by atoms with Gasteiger partial charge in [-0.2, -0.15) is 5.10 Å². The maximum absolute atomic E-state index is 13.0. The zero-order valence-corrected chi connectivity index (χ0v) is 14.2. The molecule has 23 heavy (non-hydrogen) atoms. The van der Waals surface area contributed by atoms with Crippen molar-refractivity contribution in [2.45, 2.75) is 25.9 Å². The van der Waals surface area contributed by atoms with Crippen molar-refractivity contribution in [2.75, 3.05) is 53.5 Å². The molecule has 0 aromatic carbocycles. The number of carbonyl (C=O) groups is 1. The number of methoxy groups -OCH3 is 1. The second kappa shape index (κ2) is 7.42. The van der Waals surface area contributed by atoms with Crippen molar-refractivity contribution in [1.29, 1.82) is 0 Å². The highest BCUT2D eigenvalue weighted by atomic mass is 16.5. The van der Waals surface area contributed by atoms with Gasteiger partial charge in [-0.15, -0.1) is 0 Å². The van der Waals surface area contributed by atoms with Gasteiger partial charge < -0.3 is 19.9 Å². The van der Waals surface area contributed by atoms with Gasteiger partial charge in [0.25, 0.3) is 5.91 Å². The Kier molecular flexibility index (Phi) is 5.30. The van der Waals surface area contributed by atoms with Crippen molar-refractivity contribution < 1.29 is 9.53 Å². The summed E-state index contributed by atoms with van der Waals surface area (Å²) in [4.78, 5) is 17.2. The van der Waals surface area contributed by atoms with E-state index in [0.717, 1.165) is 57.7 Å². The van der Waals surface area contributed by atoms with E-state index in [0.29, 0.717) is 18.8 Å². The molecule has 0 unspecified atom stereocenters. The number of aromatic nitrogens is 2. The average Bonchev–Trinajstić information content (AvgIpc) is 2.79. The van der Waals surface area contributed by atoms with Crippen molar-refractivity contribution in [1.82, 2.24) is 24.9 Å². The van der Waals surface area contributed by atoms with Crippen LogP contribution in [0.25, 0.3) is 0 Å². The van der Waals surface area contributed by atoms with Crippen molar-refractivity contribution in [3.63, 3.8) is 0 Å². The summed E-state index contributed by atoms with van der Waals surface area (Å²) in [5.41, 5.74) is 2.90. The Labute approximate surface area is 137 Å². The molecular weight excluding hydrogens is 294 g/mol. The maximum atomic E-state index is 13.0. The Bertz CT molecular complexity index is 557. The van der Waals surface area contributed by atoms with Crippen molar-refractivity contribution in [3.05, 3.63) is 17.0 Å². The number of rotatable bonds is 4. The van der Waals surface area contributed by atoms with Gasteiger partial charge in [0, 0.05) is 57.5 Å². The number of hydrogen-bond donors (Lipinski definition) is 1. The number of hydrogen-bond acceptors (Lipinski definition) is 5. The highest BCUT2D eigenvalue weighted by Crippen LogP contribution is 2.20. The van der Waals surface area contributed by atoms with E-state index < -0.39 is 0 Å². The van der Waals surface area contributed by atoms with E-state index in [4.69, 9.17) is 4.74 Å². The number of nitrogens with zero attached hydrogens (tertiary/aromatic N) is 4. The highest BCUT2D eigenvalue weighted by Gasteiger charge is 2.28. The predicted molar refractivity (Wildman–Crippen MR) is 87.5 cm³/mol. The molecule has 7 nitrogen and oxygen atoms in total. The minimum Gasteiger partial charge on any atom is -0.383 e. The summed E-state index contributed by atoms with van der Waals surface area (Å²) < 4.78 is 7.14. The predicted octanol–water partition coefficient (Wildman–Crippen LogP) is -0.0471. The molecule has 2 aliphatic heterocycles. The zero-order valence-electron chi connectivity index (χ0n) is 14.2. The zero-order chi connectivity index (χ0) is 16.2. The number of amides is 1. The molecule has 2 aliphatic rings. The smallest absolute Gasteiger partial charge is 0.274 e. The first kappa shape index (κ1) is 16.4. The molecule has 0 bridgehead atoms. The molecule has 0 atom stereocenters. The molecule has 0 aliphatic carbocycles. The fourth-order valence-corrected chi connectivity index (χ4v) is 3.35. The van der Waals surface area contributed by atoms with Crippen LogP contribution in [0.3, 0.4) is 0 Å². The van der Waals surface area contributed by atoms with Crippen LogP contribution in [0.4, 0.5) is 0 Å². The Morgan fingerprint density at radius 3 is 3.00 bits per heavy atom. The van der Waals surface area contributed by atoms with E-state index in [1.165, 1.54) is 5.69 Å². The molecule has 7 heteroatoms. The van der Waals surface area contributed by atoms with Crippen LogP contribution in [0.5, 0.6) is 0 Å². The lowest BCUT2D eigenvalue weighted by Gasteiger charge is -2.21. The van der Waals surface area contributed by atoms with Crippen molar-refractivity contribution >= 4 is 5.91 Å². The fraction of sp³-hybridized carbons (Fsp3) is 0.750. The molecule has 1 aromatic rings. The van der Waals surface area contributed by atoms with Crippen LogP contribution in [0.15, 0.2) is 0 Å². The van der Waals surface area contributed by atoms with Gasteiger partial charge in [0.2, 0.25) is 0 Å². The molecule has 128 valence electrons. The van der Waals surface area contributed by atoms with Crippen molar-refractivity contribution in [2.24, 2.45) is 0 Å². The quantitative estimate of drug-likeness (QED) is 0.843. The number of likely N-dealkylation sites (N-methyl/N-ethyl adjacent to an activating group) is 1. The molecule has 1 fully saturated rings. The van der Waals surface area contributed by atoms with E-state index in [2.05, 4.69) is 22.4 Å². The number of carbonyl (C=O) groups excluding carboxylic acids is 1. The second-order valence-electron chi connectivity index (χ2n) is 6.37. The monoisotopic (exact) mass is 321 g/mol. The molecule has 3 rings (SSSR count). The third-order valence-electron chi connectivity index (χ3n) is 4.72. The maximum Gasteiger partial charge on any atom is 0.274 e. The summed E-state index contributed by atoms with van der Waals surface area (Å²) in [6.45, 7) is 6.56. The molecule has 1 aromatic heterocycles. The fourth-order valence-electron chi connectivity index (χ4n) is 3.35. The summed E-state index contributed by atoms with van der Waals surface area (Å²) in [7, 11) is 3.80. The van der Waals surface area contributed by atoms with Gasteiger partial charge >= 0.3 is 0 Å². The van der Waals surface area contributed by atoms with E-state index in [9.17, 15) is 4.79 Å². The summed E-state index contributed by atoms with van der Waals surface area (Å²) in [6.07, 6.45) is 1.94. The lowest BCUT2D eigenvalue weighted by molar-refractivity contribution is 0.0754. The number of fused-ring (bicyclic) bond motifs is 1. The largest absolute Gasteiger partial charge is 0.383 e. The van der Waals surface area contributed by atoms with Gasteiger partial charge in [-0.05, 0) is 20.0 Å². The highest BCUT2D eigenvalue weighted by molar-refractivity contribution is 5.94. The number of ether oxygens (including phenoxy) is 1. The third kappa shape index (κ3) is 3.57. The molecule has 1 N–H and O–H groups in total.